The Morgan fingerprint density at radius 2 is 2.10 bits per heavy atom. The van der Waals surface area contributed by atoms with Gasteiger partial charge in [-0.2, -0.15) is 11.8 Å². The molecular weight excluding hydrogens is 268 g/mol. The average molecular weight is 292 g/mol. The lowest BCUT2D eigenvalue weighted by atomic mass is 10.0. The fraction of sp³-hybridized carbons (Fsp3) is 0.562. The molecule has 1 saturated carbocycles. The van der Waals surface area contributed by atoms with Crippen LogP contribution in [0.4, 0.5) is 11.4 Å². The van der Waals surface area contributed by atoms with Crippen LogP contribution >= 0.6 is 11.8 Å². The zero-order valence-electron chi connectivity index (χ0n) is 11.9. The van der Waals surface area contributed by atoms with Crippen LogP contribution < -0.4 is 11.1 Å². The van der Waals surface area contributed by atoms with Gasteiger partial charge in [-0.25, -0.2) is 0 Å². The number of rotatable bonds is 6. The highest BCUT2D eigenvalue weighted by Crippen LogP contribution is 2.28. The number of carbonyl (C=O) groups excluding carboxylic acids is 1. The monoisotopic (exact) mass is 292 g/mol. The fourth-order valence-corrected chi connectivity index (χ4v) is 3.87. The van der Waals surface area contributed by atoms with Crippen molar-refractivity contribution in [3.8, 4) is 0 Å². The summed E-state index contributed by atoms with van der Waals surface area (Å²) < 4.78 is 0. The first-order valence-electron chi connectivity index (χ1n) is 7.51. The maximum atomic E-state index is 11.8. The third-order valence-corrected chi connectivity index (χ3v) is 5.09. The number of anilines is 2. The summed E-state index contributed by atoms with van der Waals surface area (Å²) in [5.41, 5.74) is 7.15. The summed E-state index contributed by atoms with van der Waals surface area (Å²) in [6.07, 6.45) is 8.44. The lowest BCUT2D eigenvalue weighted by Gasteiger charge is -2.20. The van der Waals surface area contributed by atoms with Crippen molar-refractivity contribution in [1.29, 1.82) is 0 Å². The molecule has 1 amide bonds. The Hall–Kier alpha value is -1.16. The van der Waals surface area contributed by atoms with Crippen molar-refractivity contribution in [2.24, 2.45) is 0 Å². The van der Waals surface area contributed by atoms with Gasteiger partial charge in [0.2, 0.25) is 5.91 Å². The Balaban J connectivity index is 1.60. The summed E-state index contributed by atoms with van der Waals surface area (Å²) in [4.78, 5) is 11.8. The first-order chi connectivity index (χ1) is 9.74. The Bertz CT molecular complexity index is 430. The molecule has 1 aromatic rings. The van der Waals surface area contributed by atoms with Crippen molar-refractivity contribution in [1.82, 2.24) is 0 Å². The van der Waals surface area contributed by atoms with Gasteiger partial charge in [-0.1, -0.05) is 25.3 Å². The number of hydrogen-bond donors (Lipinski definition) is 2. The van der Waals surface area contributed by atoms with Crippen molar-refractivity contribution in [2.45, 2.75) is 50.2 Å². The van der Waals surface area contributed by atoms with Crippen LogP contribution in [0.15, 0.2) is 24.3 Å². The van der Waals surface area contributed by atoms with Crippen LogP contribution in [0.2, 0.25) is 0 Å². The number of carbonyl (C=O) groups is 1. The number of benzene rings is 1. The van der Waals surface area contributed by atoms with Gasteiger partial charge in [0.05, 0.1) is 0 Å². The highest BCUT2D eigenvalue weighted by Gasteiger charge is 2.13. The molecule has 1 aliphatic rings. The van der Waals surface area contributed by atoms with Gasteiger partial charge in [-0.05, 0) is 43.2 Å². The lowest BCUT2D eigenvalue weighted by molar-refractivity contribution is -0.116. The molecule has 2 rings (SSSR count). The summed E-state index contributed by atoms with van der Waals surface area (Å²) in [6.45, 7) is 0. The summed E-state index contributed by atoms with van der Waals surface area (Å²) in [6, 6.07) is 7.32. The largest absolute Gasteiger partial charge is 0.399 e. The van der Waals surface area contributed by atoms with Crippen LogP contribution in [0.1, 0.15) is 44.9 Å². The number of nitrogens with two attached hydrogens (primary N) is 1. The molecule has 0 aliphatic heterocycles. The molecule has 110 valence electrons. The van der Waals surface area contributed by atoms with Crippen LogP contribution in [-0.2, 0) is 4.79 Å². The molecule has 0 spiro atoms. The first-order valence-corrected chi connectivity index (χ1v) is 8.56. The predicted molar refractivity (Wildman–Crippen MR) is 88.0 cm³/mol. The molecule has 20 heavy (non-hydrogen) atoms. The molecule has 0 atom stereocenters. The fourth-order valence-electron chi connectivity index (χ4n) is 2.55. The maximum absolute atomic E-state index is 11.8. The molecule has 0 unspecified atom stereocenters. The van der Waals surface area contributed by atoms with E-state index in [2.05, 4.69) is 5.32 Å². The maximum Gasteiger partial charge on any atom is 0.224 e. The summed E-state index contributed by atoms with van der Waals surface area (Å²) in [5.74, 6) is 1.18. The quantitative estimate of drug-likeness (QED) is 0.614. The van der Waals surface area contributed by atoms with E-state index in [-0.39, 0.29) is 5.91 Å². The first kappa shape index (κ1) is 15.2. The minimum absolute atomic E-state index is 0.0832. The van der Waals surface area contributed by atoms with E-state index in [1.807, 2.05) is 30.0 Å². The normalized spacial score (nSPS) is 16.0. The number of thioether (sulfide) groups is 1. The minimum Gasteiger partial charge on any atom is -0.399 e. The van der Waals surface area contributed by atoms with Crippen LogP contribution in [-0.4, -0.2) is 16.9 Å². The van der Waals surface area contributed by atoms with E-state index in [4.69, 9.17) is 5.73 Å². The number of nitrogens with one attached hydrogen (secondary N) is 1. The lowest BCUT2D eigenvalue weighted by Crippen LogP contribution is -2.12. The van der Waals surface area contributed by atoms with E-state index in [9.17, 15) is 4.79 Å². The predicted octanol–water partition coefficient (Wildman–Crippen LogP) is 4.05. The van der Waals surface area contributed by atoms with E-state index in [1.165, 1.54) is 32.1 Å². The Morgan fingerprint density at radius 1 is 1.30 bits per heavy atom. The van der Waals surface area contributed by atoms with Gasteiger partial charge in [0.1, 0.15) is 0 Å². The molecule has 0 aromatic heterocycles. The number of nitrogen functional groups attached to an aromatic ring is 1. The molecule has 1 aromatic carbocycles. The van der Waals surface area contributed by atoms with Crippen molar-refractivity contribution in [3.05, 3.63) is 24.3 Å². The molecule has 3 nitrogen and oxygen atoms in total. The van der Waals surface area contributed by atoms with Crippen molar-refractivity contribution < 1.29 is 4.79 Å². The molecule has 0 radical (unpaired) electrons. The summed E-state index contributed by atoms with van der Waals surface area (Å²) in [7, 11) is 0. The van der Waals surface area contributed by atoms with Crippen LogP contribution in [0.5, 0.6) is 0 Å². The molecule has 1 aliphatic carbocycles. The minimum atomic E-state index is 0.0832. The third kappa shape index (κ3) is 5.45. The Kier molecular flexibility index (Phi) is 6.25. The van der Waals surface area contributed by atoms with Crippen molar-refractivity contribution >= 4 is 29.0 Å². The highest BCUT2D eigenvalue weighted by molar-refractivity contribution is 7.99. The van der Waals surface area contributed by atoms with Gasteiger partial charge >= 0.3 is 0 Å². The van der Waals surface area contributed by atoms with Crippen LogP contribution in [0.25, 0.3) is 0 Å². The molecule has 4 heteroatoms. The van der Waals surface area contributed by atoms with E-state index in [1.54, 1.807) is 6.07 Å². The van der Waals surface area contributed by atoms with Crippen LogP contribution in [0.3, 0.4) is 0 Å². The van der Waals surface area contributed by atoms with Gasteiger partial charge in [0.15, 0.2) is 0 Å². The second-order valence-corrected chi connectivity index (χ2v) is 6.82. The molecule has 0 saturated heterocycles. The zero-order valence-corrected chi connectivity index (χ0v) is 12.8. The highest BCUT2D eigenvalue weighted by atomic mass is 32.2. The molecule has 1 fully saturated rings. The van der Waals surface area contributed by atoms with Crippen LogP contribution in [0, 0.1) is 0 Å². The molecular formula is C16H24N2OS. The van der Waals surface area contributed by atoms with Gasteiger partial charge in [-0.15, -0.1) is 0 Å². The van der Waals surface area contributed by atoms with Crippen molar-refractivity contribution in [3.63, 3.8) is 0 Å². The average Bonchev–Trinajstić information content (AvgIpc) is 2.45. The van der Waals surface area contributed by atoms with E-state index >= 15 is 0 Å². The molecule has 3 N–H and O–H groups in total. The Labute approximate surface area is 125 Å². The standard InChI is InChI=1S/C16H24N2OS/c17-13-6-4-7-14(12-13)18-16(19)10-5-11-20-15-8-2-1-3-9-15/h4,6-7,12,15H,1-3,5,8-11,17H2,(H,18,19). The smallest absolute Gasteiger partial charge is 0.224 e. The van der Waals surface area contributed by atoms with E-state index < -0.39 is 0 Å². The van der Waals surface area contributed by atoms with Crippen molar-refractivity contribution in [2.75, 3.05) is 16.8 Å². The Morgan fingerprint density at radius 3 is 2.85 bits per heavy atom. The molecule has 0 bridgehead atoms. The van der Waals surface area contributed by atoms with Gasteiger partial charge < -0.3 is 11.1 Å². The van der Waals surface area contributed by atoms with E-state index in [0.29, 0.717) is 12.1 Å². The third-order valence-electron chi connectivity index (χ3n) is 3.62. The SMILES string of the molecule is Nc1cccc(NC(=O)CCCSC2CCCCC2)c1. The number of amides is 1. The van der Waals surface area contributed by atoms with E-state index in [0.717, 1.165) is 23.1 Å². The zero-order chi connectivity index (χ0) is 14.2. The number of hydrogen-bond acceptors (Lipinski definition) is 3. The van der Waals surface area contributed by atoms with Gasteiger partial charge in [0, 0.05) is 23.0 Å². The second-order valence-electron chi connectivity index (χ2n) is 5.41. The second kappa shape index (κ2) is 8.20. The van der Waals surface area contributed by atoms with Gasteiger partial charge in [0.25, 0.3) is 0 Å². The van der Waals surface area contributed by atoms with Gasteiger partial charge in [-0.3, -0.25) is 4.79 Å². The molecule has 0 heterocycles. The topological polar surface area (TPSA) is 55.1 Å². The summed E-state index contributed by atoms with van der Waals surface area (Å²) >= 11 is 2.05. The summed E-state index contributed by atoms with van der Waals surface area (Å²) in [5, 5.41) is 3.73.